The number of hydrogen-bond donors (Lipinski definition) is 9. The molecule has 11 rings (SSSR count). The average molecular weight is 764 g/mol. The Morgan fingerprint density at radius 1 is 0.909 bits per heavy atom. The highest BCUT2D eigenvalue weighted by Gasteiger charge is 2.84. The number of carbonyl (C=O) groups is 1. The molecule has 1 aliphatic heterocycles. The molecule has 16 atom stereocenters. The van der Waals surface area contributed by atoms with Crippen molar-refractivity contribution in [3.63, 3.8) is 0 Å². The van der Waals surface area contributed by atoms with Gasteiger partial charge in [-0.25, -0.2) is 0 Å². The third-order valence-corrected chi connectivity index (χ3v) is 18.2. The zero-order chi connectivity index (χ0) is 39.5. The number of phenols is 2. The average Bonchev–Trinajstić information content (AvgIpc) is 3.40. The number of benzene rings is 1. The summed E-state index contributed by atoms with van der Waals surface area (Å²) in [6.07, 6.45) is 4.06. The first-order valence-electron chi connectivity index (χ1n) is 20.8. The Morgan fingerprint density at radius 2 is 1.60 bits per heavy atom. The van der Waals surface area contributed by atoms with Crippen LogP contribution >= 0.6 is 0 Å². The first-order valence-corrected chi connectivity index (χ1v) is 20.8. The lowest BCUT2D eigenvalue weighted by Gasteiger charge is -2.67. The lowest BCUT2D eigenvalue weighted by atomic mass is 9.38. The van der Waals surface area contributed by atoms with Gasteiger partial charge in [0.2, 0.25) is 0 Å². The Kier molecular flexibility index (Phi) is 8.09. The summed E-state index contributed by atoms with van der Waals surface area (Å²) in [7, 11) is 0. The summed E-state index contributed by atoms with van der Waals surface area (Å²) < 4.78 is 7.32. The number of aromatic hydroxyl groups is 2. The molecule has 9 N–H and O–H groups in total. The van der Waals surface area contributed by atoms with Gasteiger partial charge in [-0.1, -0.05) is 46.3 Å². The van der Waals surface area contributed by atoms with E-state index in [9.17, 15) is 45.6 Å². The maximum Gasteiger partial charge on any atom is 0.160 e. The largest absolute Gasteiger partial charge is 0.508 e. The lowest BCUT2D eigenvalue weighted by Crippen LogP contribution is -2.71. The molecule has 1 aromatic carbocycles. The van der Waals surface area contributed by atoms with E-state index >= 15 is 0 Å². The van der Waals surface area contributed by atoms with Gasteiger partial charge in [0.15, 0.2) is 5.78 Å². The fourth-order valence-corrected chi connectivity index (χ4v) is 15.5. The molecule has 6 saturated carbocycles. The van der Waals surface area contributed by atoms with E-state index in [1.165, 1.54) is 18.2 Å². The van der Waals surface area contributed by atoms with Crippen molar-refractivity contribution in [2.24, 2.45) is 45.3 Å². The number of aliphatic hydroxyl groups is 6. The van der Waals surface area contributed by atoms with E-state index < -0.39 is 74.7 Å². The van der Waals surface area contributed by atoms with Crippen LogP contribution in [0.5, 0.6) is 11.5 Å². The van der Waals surface area contributed by atoms with Crippen LogP contribution in [0.25, 0.3) is 0 Å². The van der Waals surface area contributed by atoms with Gasteiger partial charge in [0.1, 0.15) is 22.7 Å². The van der Waals surface area contributed by atoms with Gasteiger partial charge in [-0.3, -0.25) is 4.79 Å². The summed E-state index contributed by atoms with van der Waals surface area (Å²) >= 11 is 0. The molecule has 55 heavy (non-hydrogen) atoms. The Bertz CT molecular complexity index is 1860. The number of rotatable bonds is 6. The topological polar surface area (TPSA) is 200 Å². The van der Waals surface area contributed by atoms with Gasteiger partial charge in [0.05, 0.1) is 29.5 Å². The van der Waals surface area contributed by atoms with E-state index in [1.54, 1.807) is 6.08 Å². The number of phenolic OH excluding ortho intramolecular Hbond substituents is 2. The highest BCUT2D eigenvalue weighted by Crippen LogP contribution is 2.80. The number of ether oxygens (including phenoxy) is 1. The Balaban J connectivity index is 1.19. The van der Waals surface area contributed by atoms with E-state index in [4.69, 9.17) is 4.74 Å². The van der Waals surface area contributed by atoms with Gasteiger partial charge in [-0.2, -0.15) is 0 Å². The third kappa shape index (κ3) is 4.27. The molecule has 0 radical (unpaired) electrons. The number of carbonyl (C=O) groups excluding carboxylic acids is 1. The molecular weight excluding hydrogens is 702 g/mol. The lowest BCUT2D eigenvalue weighted by molar-refractivity contribution is -0.248. The van der Waals surface area contributed by atoms with Crippen LogP contribution in [0.3, 0.4) is 0 Å². The molecule has 9 aliphatic carbocycles. The Morgan fingerprint density at radius 3 is 2.27 bits per heavy atom. The van der Waals surface area contributed by atoms with E-state index in [0.29, 0.717) is 43.4 Å². The van der Waals surface area contributed by atoms with Crippen molar-refractivity contribution in [1.29, 1.82) is 0 Å². The zero-order valence-electron chi connectivity index (χ0n) is 32.9. The predicted molar refractivity (Wildman–Crippen MR) is 202 cm³/mol. The maximum atomic E-state index is 14.9. The van der Waals surface area contributed by atoms with Gasteiger partial charge in [0.25, 0.3) is 0 Å². The van der Waals surface area contributed by atoms with Crippen molar-refractivity contribution in [3.05, 3.63) is 47.1 Å². The van der Waals surface area contributed by atoms with Crippen molar-refractivity contribution in [2.45, 2.75) is 139 Å². The molecule has 6 bridgehead atoms. The summed E-state index contributed by atoms with van der Waals surface area (Å²) in [5.41, 5.74) is -7.60. The van der Waals surface area contributed by atoms with Crippen LogP contribution < -0.4 is 5.32 Å². The number of nitrogens with one attached hydrogen (secondary N) is 1. The molecule has 0 unspecified atom stereocenters. The minimum atomic E-state index is -1.74. The molecule has 302 valence electrons. The minimum absolute atomic E-state index is 0.0497. The maximum absolute atomic E-state index is 14.9. The fourth-order valence-electron chi connectivity index (χ4n) is 15.5. The first-order chi connectivity index (χ1) is 25.8. The summed E-state index contributed by atoms with van der Waals surface area (Å²) in [5, 5.41) is 99.4. The summed E-state index contributed by atoms with van der Waals surface area (Å²) in [4.78, 5) is 14.9. The van der Waals surface area contributed by atoms with Crippen LogP contribution in [-0.2, 0) is 9.53 Å². The van der Waals surface area contributed by atoms with Gasteiger partial charge in [0, 0.05) is 66.6 Å². The van der Waals surface area contributed by atoms with Crippen LogP contribution in [0.15, 0.2) is 41.5 Å². The van der Waals surface area contributed by atoms with E-state index in [1.807, 2.05) is 27.7 Å². The number of likely N-dealkylation sites (N-methyl/N-ethyl adjacent to an activating group) is 1. The smallest absolute Gasteiger partial charge is 0.160 e. The number of ketones is 1. The molecule has 11 nitrogen and oxygen atoms in total. The second-order valence-electron chi connectivity index (χ2n) is 20.0. The van der Waals surface area contributed by atoms with Crippen molar-refractivity contribution in [2.75, 3.05) is 19.7 Å². The van der Waals surface area contributed by atoms with Crippen molar-refractivity contribution >= 4 is 5.78 Å². The highest BCUT2D eigenvalue weighted by molar-refractivity contribution is 5.96. The van der Waals surface area contributed by atoms with Crippen LogP contribution in [0.2, 0.25) is 0 Å². The molecule has 1 aromatic rings. The number of allylic oxidation sites excluding steroid dienone is 2. The van der Waals surface area contributed by atoms with Gasteiger partial charge in [-0.05, 0) is 97.6 Å². The molecule has 10 aliphatic rings. The summed E-state index contributed by atoms with van der Waals surface area (Å²) in [6, 6.07) is 4.10. The van der Waals surface area contributed by atoms with Crippen LogP contribution in [0.4, 0.5) is 0 Å². The van der Waals surface area contributed by atoms with Crippen molar-refractivity contribution in [3.8, 4) is 11.5 Å². The molecule has 1 heterocycles. The molecule has 2 spiro atoms. The van der Waals surface area contributed by atoms with Crippen LogP contribution in [-0.4, -0.2) is 107 Å². The SMILES string of the molecule is CCNCC1=C[C@]2(C)CC[C@@H]1[C@]1(O[C@H]3C[C@]4(O)C5=CC(=O)[C@H]6[C@@H](c7cc(O)cc(O)c7)[C@]7(O)CC[C@@]5(CC[C@]4(C)[C@@H]3[C@]1(O)CCO)[C@@]6(C)C[C@@H]7O)[C@@H](O)[C@H]2C. The Labute approximate surface area is 323 Å². The molecule has 7 fully saturated rings. The van der Waals surface area contributed by atoms with Gasteiger partial charge in [-0.15, -0.1) is 0 Å². The third-order valence-electron chi connectivity index (χ3n) is 18.2. The van der Waals surface area contributed by atoms with E-state index in [0.717, 1.165) is 18.5 Å². The molecule has 0 aromatic heterocycles. The summed E-state index contributed by atoms with van der Waals surface area (Å²) in [5.74, 6) is -3.72. The number of hydrogen-bond acceptors (Lipinski definition) is 11. The molecular formula is C44H61NO10. The second kappa shape index (κ2) is 11.6. The zero-order valence-corrected chi connectivity index (χ0v) is 32.9. The van der Waals surface area contributed by atoms with E-state index in [2.05, 4.69) is 18.3 Å². The second-order valence-corrected chi connectivity index (χ2v) is 20.0. The quantitative estimate of drug-likeness (QED) is 0.193. The number of fused-ring (bicyclic) bond motifs is 8. The normalized spacial score (nSPS) is 53.3. The Hall–Kier alpha value is -2.35. The fraction of sp³-hybridized carbons (Fsp3) is 0.750. The minimum Gasteiger partial charge on any atom is -0.508 e. The van der Waals surface area contributed by atoms with Gasteiger partial charge >= 0.3 is 0 Å². The molecule has 0 amide bonds. The van der Waals surface area contributed by atoms with Crippen LogP contribution in [0, 0.1) is 45.3 Å². The molecule has 1 saturated heterocycles. The monoisotopic (exact) mass is 763 g/mol. The standard InChI is InChI=1S/C44H61NO10/c1-6-45-22-25-19-37(3)8-7-28(25)44(36(51)23(37)2)42(53,13-14-46)35-30(55-44)20-43(54)31-18-29(49)34-33(24-15-26(47)17-27(48)16-24)41(52)12-11-40(31,10-9-38(35,43)4)39(34,5)21-32(41)50/h15-19,23,28,30,32-36,45-48,50-54H,6-14,20-22H2,1-5H3/t23-,28+,30+,32+,33-,34+,35-,36+,37+,38-,39+,40-,41+,42-,43+,44+/m1/s1. The van der Waals surface area contributed by atoms with Gasteiger partial charge < -0.3 is 50.9 Å². The predicted octanol–water partition coefficient (Wildman–Crippen LogP) is 3.35. The molecule has 11 heteroatoms. The summed E-state index contributed by atoms with van der Waals surface area (Å²) in [6.45, 7) is 11.2. The van der Waals surface area contributed by atoms with Crippen molar-refractivity contribution in [1.82, 2.24) is 5.32 Å². The van der Waals surface area contributed by atoms with E-state index in [-0.39, 0.29) is 66.8 Å². The number of aliphatic hydroxyl groups excluding tert-OH is 3. The van der Waals surface area contributed by atoms with Crippen LogP contribution in [0.1, 0.15) is 104 Å². The highest BCUT2D eigenvalue weighted by atomic mass is 16.6. The van der Waals surface area contributed by atoms with Crippen molar-refractivity contribution < 1.29 is 50.4 Å². The first kappa shape index (κ1) is 38.2.